The zero-order valence-electron chi connectivity index (χ0n) is 15.1. The number of nitrogens with one attached hydrogen (secondary N) is 4. The van der Waals surface area contributed by atoms with Crippen molar-refractivity contribution in [3.05, 3.63) is 0 Å². The summed E-state index contributed by atoms with van der Waals surface area (Å²) in [7, 11) is 3.65. The lowest BCUT2D eigenvalue weighted by molar-refractivity contribution is 0.291. The molecule has 0 aromatic carbocycles. The van der Waals surface area contributed by atoms with Crippen molar-refractivity contribution in [3.63, 3.8) is 0 Å². The van der Waals surface area contributed by atoms with Crippen molar-refractivity contribution in [2.24, 2.45) is 11.7 Å². The van der Waals surface area contributed by atoms with Crippen LogP contribution in [0.5, 0.6) is 0 Å². The van der Waals surface area contributed by atoms with Crippen molar-refractivity contribution in [2.45, 2.75) is 19.8 Å². The van der Waals surface area contributed by atoms with E-state index < -0.39 is 0 Å². The van der Waals surface area contributed by atoms with Gasteiger partial charge in [-0.15, -0.1) is 0 Å². The normalized spacial score (nSPS) is 22.9. The van der Waals surface area contributed by atoms with Gasteiger partial charge >= 0.3 is 0 Å². The summed E-state index contributed by atoms with van der Waals surface area (Å²) in [5, 5.41) is 13.0. The van der Waals surface area contributed by atoms with Crippen LogP contribution in [0.3, 0.4) is 0 Å². The van der Waals surface area contributed by atoms with Crippen molar-refractivity contribution >= 4 is 0 Å². The van der Waals surface area contributed by atoms with E-state index in [4.69, 9.17) is 0 Å². The maximum Gasteiger partial charge on any atom is 0.0104 e. The quantitative estimate of drug-likeness (QED) is 0.406. The van der Waals surface area contributed by atoms with Crippen molar-refractivity contribution in [2.75, 3.05) is 79.5 Å². The Balaban J connectivity index is 0.000000285. The van der Waals surface area contributed by atoms with Crippen molar-refractivity contribution in [1.82, 2.24) is 26.2 Å². The molecule has 0 unspecified atom stereocenters. The van der Waals surface area contributed by atoms with E-state index in [-0.39, 0.29) is 0 Å². The monoisotopic (exact) mass is 316 g/mol. The van der Waals surface area contributed by atoms with E-state index >= 15 is 0 Å². The maximum absolute atomic E-state index is 4.50. The van der Waals surface area contributed by atoms with E-state index in [2.05, 4.69) is 45.9 Å². The van der Waals surface area contributed by atoms with Gasteiger partial charge in [0.1, 0.15) is 0 Å². The molecule has 0 atom stereocenters. The number of hydrogen-bond acceptors (Lipinski definition) is 6. The van der Waals surface area contributed by atoms with Gasteiger partial charge in [-0.25, -0.2) is 0 Å². The fraction of sp³-hybridized carbons (Fsp3) is 1.00. The summed E-state index contributed by atoms with van der Waals surface area (Å²) in [4.78, 5) is 2.33. The highest BCUT2D eigenvalue weighted by Crippen LogP contribution is 2.08. The van der Waals surface area contributed by atoms with Gasteiger partial charge in [-0.3, -0.25) is 0 Å². The average molecular weight is 317 g/mol. The predicted molar refractivity (Wildman–Crippen MR) is 97.5 cm³/mol. The zero-order valence-corrected chi connectivity index (χ0v) is 15.1. The van der Waals surface area contributed by atoms with Crippen LogP contribution >= 0.6 is 0 Å². The fourth-order valence-electron chi connectivity index (χ4n) is 2.35. The lowest BCUT2D eigenvalue weighted by Gasteiger charge is -2.21. The first-order chi connectivity index (χ1) is 10.8. The van der Waals surface area contributed by atoms with Crippen LogP contribution < -0.4 is 27.0 Å². The SMILES string of the molecule is C1CNCCN1.CC1CCNCC1.CN.CN1CCNCC1. The molecule has 0 saturated carbocycles. The first-order valence-corrected chi connectivity index (χ1v) is 8.88. The summed E-state index contributed by atoms with van der Waals surface area (Å²) in [5.41, 5.74) is 4.50. The first-order valence-electron chi connectivity index (χ1n) is 8.88. The number of hydrogen-bond donors (Lipinski definition) is 5. The molecule has 22 heavy (non-hydrogen) atoms. The minimum atomic E-state index is 0.973. The molecule has 0 aliphatic carbocycles. The molecular formula is C16H40N6. The molecule has 3 saturated heterocycles. The van der Waals surface area contributed by atoms with Crippen LogP contribution in [-0.4, -0.2) is 84.4 Å². The largest absolute Gasteiger partial charge is 0.333 e. The second-order valence-corrected chi connectivity index (χ2v) is 5.99. The van der Waals surface area contributed by atoms with Crippen LogP contribution in [0, 0.1) is 5.92 Å². The number of nitrogens with zero attached hydrogens (tertiary/aromatic N) is 1. The van der Waals surface area contributed by atoms with Crippen LogP contribution in [0.25, 0.3) is 0 Å². The molecule has 3 rings (SSSR count). The van der Waals surface area contributed by atoms with Gasteiger partial charge in [-0.1, -0.05) is 6.92 Å². The first kappa shape index (κ1) is 21.8. The van der Waals surface area contributed by atoms with Crippen LogP contribution in [0.4, 0.5) is 0 Å². The smallest absolute Gasteiger partial charge is 0.0104 e. The molecule has 0 aromatic rings. The summed E-state index contributed by atoms with van der Waals surface area (Å²) in [5.74, 6) is 0.973. The Hall–Kier alpha value is -0.240. The number of piperazine rings is 2. The van der Waals surface area contributed by atoms with E-state index in [1.54, 1.807) is 0 Å². The van der Waals surface area contributed by atoms with Crippen molar-refractivity contribution in [1.29, 1.82) is 0 Å². The molecule has 3 aliphatic rings. The average Bonchev–Trinajstić information content (AvgIpc) is 2.61. The second kappa shape index (κ2) is 17.1. The summed E-state index contributed by atoms with van der Waals surface area (Å²) < 4.78 is 0. The number of rotatable bonds is 0. The molecule has 3 fully saturated rings. The Morgan fingerprint density at radius 2 is 1.05 bits per heavy atom. The van der Waals surface area contributed by atoms with E-state index in [9.17, 15) is 0 Å². The number of nitrogens with two attached hydrogens (primary N) is 1. The molecule has 6 N–H and O–H groups in total. The molecular weight excluding hydrogens is 276 g/mol. The molecule has 0 aromatic heterocycles. The van der Waals surface area contributed by atoms with E-state index in [0.29, 0.717) is 0 Å². The maximum atomic E-state index is 4.50. The fourth-order valence-corrected chi connectivity index (χ4v) is 2.35. The van der Waals surface area contributed by atoms with E-state index in [1.165, 1.54) is 46.1 Å². The van der Waals surface area contributed by atoms with Crippen molar-refractivity contribution < 1.29 is 0 Å². The lowest BCUT2D eigenvalue weighted by Crippen LogP contribution is -2.40. The molecule has 0 spiro atoms. The van der Waals surface area contributed by atoms with Crippen LogP contribution in [0.2, 0.25) is 0 Å². The minimum absolute atomic E-state index is 0.973. The van der Waals surface area contributed by atoms with Gasteiger partial charge in [0, 0.05) is 52.4 Å². The van der Waals surface area contributed by atoms with Gasteiger partial charge < -0.3 is 31.9 Å². The van der Waals surface area contributed by atoms with Gasteiger partial charge in [-0.2, -0.15) is 0 Å². The van der Waals surface area contributed by atoms with E-state index in [0.717, 1.165) is 45.2 Å². The topological polar surface area (TPSA) is 77.4 Å². The Morgan fingerprint density at radius 3 is 1.27 bits per heavy atom. The Kier molecular flexibility index (Phi) is 16.9. The van der Waals surface area contributed by atoms with Gasteiger partial charge in [0.05, 0.1) is 0 Å². The number of likely N-dealkylation sites (N-methyl/N-ethyl adjacent to an activating group) is 1. The molecule has 0 radical (unpaired) electrons. The van der Waals surface area contributed by atoms with Crippen molar-refractivity contribution in [3.8, 4) is 0 Å². The predicted octanol–water partition coefficient (Wildman–Crippen LogP) is -0.719. The molecule has 6 heteroatoms. The second-order valence-electron chi connectivity index (χ2n) is 5.99. The molecule has 0 amide bonds. The van der Waals surface area contributed by atoms with Crippen LogP contribution in [0.1, 0.15) is 19.8 Å². The van der Waals surface area contributed by atoms with Crippen LogP contribution in [-0.2, 0) is 0 Å². The summed E-state index contributed by atoms with van der Waals surface area (Å²) >= 11 is 0. The summed E-state index contributed by atoms with van der Waals surface area (Å²) in [6.45, 7) is 14.1. The molecule has 3 aliphatic heterocycles. The molecule has 0 bridgehead atoms. The van der Waals surface area contributed by atoms with E-state index in [1.807, 2.05) is 0 Å². The summed E-state index contributed by atoms with van der Waals surface area (Å²) in [6.07, 6.45) is 2.75. The van der Waals surface area contributed by atoms with Gasteiger partial charge in [-0.05, 0) is 45.9 Å². The minimum Gasteiger partial charge on any atom is -0.333 e. The third-order valence-corrected chi connectivity index (χ3v) is 3.93. The van der Waals surface area contributed by atoms with Gasteiger partial charge in [0.2, 0.25) is 0 Å². The van der Waals surface area contributed by atoms with Gasteiger partial charge in [0.25, 0.3) is 0 Å². The highest BCUT2D eigenvalue weighted by Gasteiger charge is 2.05. The van der Waals surface area contributed by atoms with Gasteiger partial charge in [0.15, 0.2) is 0 Å². The lowest BCUT2D eigenvalue weighted by atomic mass is 10.0. The Bertz CT molecular complexity index is 171. The highest BCUT2D eigenvalue weighted by molar-refractivity contribution is 4.63. The molecule has 6 nitrogen and oxygen atoms in total. The standard InChI is InChI=1S/C6H13N.C5H12N2.C4H10N2.CH5N/c1-6-2-4-7-5-3-6;1-7-4-2-6-3-5-7;1-2-6-4-3-5-1;1-2/h6-7H,2-5H2,1H3;6H,2-5H2,1H3;5-6H,1-4H2;2H2,1H3. The Morgan fingerprint density at radius 1 is 0.682 bits per heavy atom. The van der Waals surface area contributed by atoms with Crippen LogP contribution in [0.15, 0.2) is 0 Å². The zero-order chi connectivity index (χ0) is 16.5. The third-order valence-electron chi connectivity index (χ3n) is 3.93. The summed E-state index contributed by atoms with van der Waals surface area (Å²) in [6, 6.07) is 0. The Labute approximate surface area is 138 Å². The number of piperidine rings is 1. The highest BCUT2D eigenvalue weighted by atomic mass is 15.2. The molecule has 134 valence electrons. The third kappa shape index (κ3) is 14.7. The molecule has 3 heterocycles.